The van der Waals surface area contributed by atoms with E-state index < -0.39 is 0 Å². The number of alkyl halides is 1. The minimum Gasteiger partial charge on any atom is -0.309 e. The normalized spacial score (nSPS) is 11.3. The summed E-state index contributed by atoms with van der Waals surface area (Å²) in [5.41, 5.74) is 7.46. The topological polar surface area (TPSA) is 4.93 Å². The van der Waals surface area contributed by atoms with Crippen LogP contribution in [0.3, 0.4) is 0 Å². The molecule has 5 rings (SSSR count). The van der Waals surface area contributed by atoms with Crippen LogP contribution in [0.2, 0.25) is 0 Å². The van der Waals surface area contributed by atoms with Gasteiger partial charge in [0, 0.05) is 21.8 Å². The summed E-state index contributed by atoms with van der Waals surface area (Å²) in [6.45, 7) is 0. The van der Waals surface area contributed by atoms with Crippen LogP contribution in [0.15, 0.2) is 97.1 Å². The summed E-state index contributed by atoms with van der Waals surface area (Å²) in [4.78, 5) is 0. The van der Waals surface area contributed by atoms with Gasteiger partial charge in [-0.2, -0.15) is 0 Å². The summed E-state index contributed by atoms with van der Waals surface area (Å²) in [6, 6.07) is 34.8. The molecule has 1 nitrogen and oxygen atoms in total. The van der Waals surface area contributed by atoms with E-state index in [9.17, 15) is 0 Å². The molecular weight excluding hydrogens is 394 g/mol. The summed E-state index contributed by atoms with van der Waals surface area (Å²) in [7, 11) is 0. The van der Waals surface area contributed by atoms with Crippen LogP contribution in [0.1, 0.15) is 5.56 Å². The minimum absolute atomic E-state index is 0.886. The van der Waals surface area contributed by atoms with Gasteiger partial charge in [-0.3, -0.25) is 0 Å². The molecule has 0 saturated carbocycles. The van der Waals surface area contributed by atoms with E-state index in [1.807, 2.05) is 0 Å². The van der Waals surface area contributed by atoms with Gasteiger partial charge in [0.2, 0.25) is 0 Å². The molecular formula is C25H18BrN. The molecule has 0 saturated heterocycles. The lowest BCUT2D eigenvalue weighted by atomic mass is 10.0. The van der Waals surface area contributed by atoms with Crippen molar-refractivity contribution in [3.05, 3.63) is 103 Å². The standard InChI is InChI=1S/C25H18BrN/c26-17-18-10-12-19(13-11-18)20-14-15-25-23(16-20)22-8-4-5-9-24(22)27(25)21-6-2-1-3-7-21/h1-16H,17H2. The molecule has 0 aliphatic carbocycles. The molecule has 0 atom stereocenters. The van der Waals surface area contributed by atoms with E-state index in [-0.39, 0.29) is 0 Å². The van der Waals surface area contributed by atoms with Crippen molar-refractivity contribution in [2.24, 2.45) is 0 Å². The van der Waals surface area contributed by atoms with Crippen molar-refractivity contribution in [2.45, 2.75) is 5.33 Å². The van der Waals surface area contributed by atoms with Crippen molar-refractivity contribution >= 4 is 37.7 Å². The molecule has 0 aliphatic rings. The van der Waals surface area contributed by atoms with Gasteiger partial charge in [0.05, 0.1) is 11.0 Å². The second-order valence-corrected chi connectivity index (χ2v) is 7.31. The van der Waals surface area contributed by atoms with Crippen LogP contribution in [0, 0.1) is 0 Å². The monoisotopic (exact) mass is 411 g/mol. The molecule has 130 valence electrons. The smallest absolute Gasteiger partial charge is 0.0541 e. The van der Waals surface area contributed by atoms with E-state index >= 15 is 0 Å². The molecule has 0 N–H and O–H groups in total. The van der Waals surface area contributed by atoms with Crippen LogP contribution in [0.5, 0.6) is 0 Å². The Morgan fingerprint density at radius 1 is 0.593 bits per heavy atom. The maximum atomic E-state index is 3.52. The second-order valence-electron chi connectivity index (χ2n) is 6.75. The summed E-state index contributed by atoms with van der Waals surface area (Å²) in [5.74, 6) is 0. The fourth-order valence-electron chi connectivity index (χ4n) is 3.79. The predicted octanol–water partition coefficient (Wildman–Crippen LogP) is 7.35. The molecule has 0 spiro atoms. The first-order valence-electron chi connectivity index (χ1n) is 9.09. The second kappa shape index (κ2) is 6.71. The quantitative estimate of drug-likeness (QED) is 0.273. The number of para-hydroxylation sites is 2. The van der Waals surface area contributed by atoms with Gasteiger partial charge >= 0.3 is 0 Å². The zero-order valence-corrected chi connectivity index (χ0v) is 16.4. The van der Waals surface area contributed by atoms with Crippen molar-refractivity contribution in [1.29, 1.82) is 0 Å². The lowest BCUT2D eigenvalue weighted by Gasteiger charge is -2.08. The molecule has 0 unspecified atom stereocenters. The number of nitrogens with zero attached hydrogens (tertiary/aromatic N) is 1. The number of halogens is 1. The molecule has 0 radical (unpaired) electrons. The molecule has 1 aromatic heterocycles. The van der Waals surface area contributed by atoms with E-state index in [0.29, 0.717) is 0 Å². The van der Waals surface area contributed by atoms with Gasteiger partial charge < -0.3 is 4.57 Å². The summed E-state index contributed by atoms with van der Waals surface area (Å²) in [6.07, 6.45) is 0. The highest BCUT2D eigenvalue weighted by Gasteiger charge is 2.12. The van der Waals surface area contributed by atoms with Crippen molar-refractivity contribution in [3.8, 4) is 16.8 Å². The molecule has 0 bridgehead atoms. The lowest BCUT2D eigenvalue weighted by Crippen LogP contribution is -1.92. The van der Waals surface area contributed by atoms with Gasteiger partial charge in [0.15, 0.2) is 0 Å². The molecule has 4 aromatic carbocycles. The molecule has 2 heteroatoms. The van der Waals surface area contributed by atoms with Crippen LogP contribution in [0.25, 0.3) is 38.6 Å². The first-order valence-corrected chi connectivity index (χ1v) is 10.2. The van der Waals surface area contributed by atoms with Crippen molar-refractivity contribution < 1.29 is 0 Å². The zero-order valence-electron chi connectivity index (χ0n) is 14.8. The molecule has 0 fully saturated rings. The first kappa shape index (κ1) is 16.3. The molecule has 1 heterocycles. The Bertz CT molecular complexity index is 1230. The van der Waals surface area contributed by atoms with Crippen molar-refractivity contribution in [3.63, 3.8) is 0 Å². The Hall–Kier alpha value is -2.84. The van der Waals surface area contributed by atoms with Crippen LogP contribution in [-0.4, -0.2) is 4.57 Å². The fraction of sp³-hybridized carbons (Fsp3) is 0.0400. The largest absolute Gasteiger partial charge is 0.309 e. The van der Waals surface area contributed by atoms with Crippen molar-refractivity contribution in [2.75, 3.05) is 0 Å². The Kier molecular flexibility index (Phi) is 4.06. The number of fused-ring (bicyclic) bond motifs is 3. The number of hydrogen-bond acceptors (Lipinski definition) is 0. The van der Waals surface area contributed by atoms with Crippen LogP contribution in [-0.2, 0) is 5.33 Å². The maximum Gasteiger partial charge on any atom is 0.0541 e. The molecule has 5 aromatic rings. The average molecular weight is 412 g/mol. The number of benzene rings is 4. The van der Waals surface area contributed by atoms with Gasteiger partial charge in [-0.05, 0) is 47.0 Å². The summed E-state index contributed by atoms with van der Waals surface area (Å²) >= 11 is 3.52. The third kappa shape index (κ3) is 2.77. The lowest BCUT2D eigenvalue weighted by molar-refractivity contribution is 1.18. The van der Waals surface area contributed by atoms with Gasteiger partial charge in [0.1, 0.15) is 0 Å². The SMILES string of the molecule is BrCc1ccc(-c2ccc3c(c2)c2ccccc2n3-c2ccccc2)cc1. The average Bonchev–Trinajstić information content (AvgIpc) is 3.08. The minimum atomic E-state index is 0.886. The predicted molar refractivity (Wildman–Crippen MR) is 119 cm³/mol. The Balaban J connectivity index is 1.77. The van der Waals surface area contributed by atoms with E-state index in [1.165, 1.54) is 44.2 Å². The Morgan fingerprint density at radius 3 is 2.04 bits per heavy atom. The maximum absolute atomic E-state index is 3.52. The fourth-order valence-corrected chi connectivity index (χ4v) is 4.17. The first-order chi connectivity index (χ1) is 13.3. The van der Waals surface area contributed by atoms with E-state index in [2.05, 4.69) is 118 Å². The number of rotatable bonds is 3. The Morgan fingerprint density at radius 2 is 1.26 bits per heavy atom. The zero-order chi connectivity index (χ0) is 18.2. The van der Waals surface area contributed by atoms with Crippen LogP contribution < -0.4 is 0 Å². The third-order valence-corrected chi connectivity index (χ3v) is 5.78. The highest BCUT2D eigenvalue weighted by Crippen LogP contribution is 2.34. The van der Waals surface area contributed by atoms with E-state index in [1.54, 1.807) is 0 Å². The third-order valence-electron chi connectivity index (χ3n) is 5.13. The molecule has 0 aliphatic heterocycles. The summed E-state index contributed by atoms with van der Waals surface area (Å²) < 4.78 is 2.35. The Labute approximate surface area is 167 Å². The van der Waals surface area contributed by atoms with Crippen molar-refractivity contribution in [1.82, 2.24) is 4.57 Å². The van der Waals surface area contributed by atoms with Gasteiger partial charge in [-0.25, -0.2) is 0 Å². The van der Waals surface area contributed by atoms with Gasteiger partial charge in [0.25, 0.3) is 0 Å². The summed E-state index contributed by atoms with van der Waals surface area (Å²) in [5, 5.41) is 3.46. The number of aromatic nitrogens is 1. The van der Waals surface area contributed by atoms with Crippen LogP contribution in [0.4, 0.5) is 0 Å². The number of hydrogen-bond donors (Lipinski definition) is 0. The highest BCUT2D eigenvalue weighted by atomic mass is 79.9. The van der Waals surface area contributed by atoms with Gasteiger partial charge in [-0.15, -0.1) is 0 Å². The molecule has 27 heavy (non-hydrogen) atoms. The van der Waals surface area contributed by atoms with E-state index in [0.717, 1.165) is 5.33 Å². The molecule has 0 amide bonds. The van der Waals surface area contributed by atoms with Gasteiger partial charge in [-0.1, -0.05) is 82.7 Å². The van der Waals surface area contributed by atoms with Crippen LogP contribution >= 0.6 is 15.9 Å². The highest BCUT2D eigenvalue weighted by molar-refractivity contribution is 9.08. The van der Waals surface area contributed by atoms with E-state index in [4.69, 9.17) is 0 Å².